The van der Waals surface area contributed by atoms with E-state index in [-0.39, 0.29) is 10.8 Å². The van der Waals surface area contributed by atoms with Gasteiger partial charge in [-0.15, -0.1) is 0 Å². The van der Waals surface area contributed by atoms with Crippen LogP contribution in [0.25, 0.3) is 0 Å². The molecule has 1 saturated heterocycles. The van der Waals surface area contributed by atoms with E-state index in [9.17, 15) is 5.11 Å². The van der Waals surface area contributed by atoms with Crippen molar-refractivity contribution < 1.29 is 14.6 Å². The van der Waals surface area contributed by atoms with Crippen LogP contribution in [-0.4, -0.2) is 48.4 Å². The number of nitrogens with zero attached hydrogens (tertiary/aromatic N) is 1. The average Bonchev–Trinajstić information content (AvgIpc) is 2.42. The highest BCUT2D eigenvalue weighted by molar-refractivity contribution is 7.80. The molecular formula is C12H14ClNO3S. The number of rotatable bonds is 2. The summed E-state index contributed by atoms with van der Waals surface area (Å²) in [7, 11) is 1.48. The number of thiocarbonyl (C=S) groups is 1. The molecule has 0 bridgehead atoms. The van der Waals surface area contributed by atoms with Gasteiger partial charge in [0.25, 0.3) is 0 Å². The van der Waals surface area contributed by atoms with Crippen molar-refractivity contribution in [3.05, 3.63) is 22.7 Å². The number of halogens is 1. The number of aromatic hydroxyl groups is 1. The van der Waals surface area contributed by atoms with Gasteiger partial charge in [0.2, 0.25) is 0 Å². The summed E-state index contributed by atoms with van der Waals surface area (Å²) in [6.45, 7) is 2.87. The lowest BCUT2D eigenvalue weighted by atomic mass is 10.1. The predicted octanol–water partition coefficient (Wildman–Crippen LogP) is 2.06. The summed E-state index contributed by atoms with van der Waals surface area (Å²) in [6, 6.07) is 3.34. The quantitative estimate of drug-likeness (QED) is 0.844. The van der Waals surface area contributed by atoms with E-state index >= 15 is 0 Å². The first-order chi connectivity index (χ1) is 8.63. The van der Waals surface area contributed by atoms with Crippen molar-refractivity contribution in [3.8, 4) is 11.5 Å². The van der Waals surface area contributed by atoms with Crippen LogP contribution in [0.15, 0.2) is 12.1 Å². The molecule has 0 radical (unpaired) electrons. The second-order valence-corrected chi connectivity index (χ2v) is 4.71. The van der Waals surface area contributed by atoms with Gasteiger partial charge in [-0.1, -0.05) is 23.8 Å². The van der Waals surface area contributed by atoms with Gasteiger partial charge in [-0.25, -0.2) is 0 Å². The predicted molar refractivity (Wildman–Crippen MR) is 73.8 cm³/mol. The molecule has 1 aromatic rings. The molecule has 4 nitrogen and oxygen atoms in total. The summed E-state index contributed by atoms with van der Waals surface area (Å²) in [6.07, 6.45) is 0. The molecule has 2 rings (SSSR count). The van der Waals surface area contributed by atoms with E-state index in [4.69, 9.17) is 33.3 Å². The zero-order valence-corrected chi connectivity index (χ0v) is 11.6. The average molecular weight is 288 g/mol. The van der Waals surface area contributed by atoms with Crippen LogP contribution in [0.5, 0.6) is 11.5 Å². The molecule has 0 amide bonds. The van der Waals surface area contributed by atoms with Crippen molar-refractivity contribution in [2.45, 2.75) is 0 Å². The summed E-state index contributed by atoms with van der Waals surface area (Å²) < 4.78 is 10.3. The first-order valence-corrected chi connectivity index (χ1v) is 6.35. The van der Waals surface area contributed by atoms with E-state index < -0.39 is 0 Å². The largest absolute Gasteiger partial charge is 0.503 e. The Hall–Kier alpha value is -1.04. The number of methoxy groups -OCH3 is 1. The maximum Gasteiger partial charge on any atom is 0.176 e. The Balaban J connectivity index is 2.27. The Morgan fingerprint density at radius 2 is 2.11 bits per heavy atom. The number of benzene rings is 1. The minimum atomic E-state index is -0.0623. The van der Waals surface area contributed by atoms with Crippen molar-refractivity contribution in [2.75, 3.05) is 33.4 Å². The number of hydrogen-bond acceptors (Lipinski definition) is 4. The fraction of sp³-hybridized carbons (Fsp3) is 0.417. The summed E-state index contributed by atoms with van der Waals surface area (Å²) >= 11 is 11.4. The van der Waals surface area contributed by atoms with Crippen LogP contribution in [0.2, 0.25) is 5.02 Å². The number of phenols is 1. The molecule has 0 saturated carbocycles. The van der Waals surface area contributed by atoms with Gasteiger partial charge in [0.1, 0.15) is 4.99 Å². The van der Waals surface area contributed by atoms with Crippen LogP contribution < -0.4 is 4.74 Å². The van der Waals surface area contributed by atoms with Gasteiger partial charge in [-0.05, 0) is 12.1 Å². The third-order valence-corrected chi connectivity index (χ3v) is 3.58. The maximum absolute atomic E-state index is 9.68. The zero-order valence-electron chi connectivity index (χ0n) is 9.98. The highest BCUT2D eigenvalue weighted by Gasteiger charge is 2.18. The van der Waals surface area contributed by atoms with E-state index in [1.807, 2.05) is 0 Å². The summed E-state index contributed by atoms with van der Waals surface area (Å²) in [5, 5.41) is 9.92. The molecule has 6 heteroatoms. The van der Waals surface area contributed by atoms with Crippen molar-refractivity contribution in [2.24, 2.45) is 0 Å². The Morgan fingerprint density at radius 1 is 1.44 bits per heavy atom. The van der Waals surface area contributed by atoms with E-state index in [0.717, 1.165) is 18.7 Å². The van der Waals surface area contributed by atoms with Crippen molar-refractivity contribution in [1.82, 2.24) is 4.90 Å². The van der Waals surface area contributed by atoms with E-state index in [1.54, 1.807) is 12.1 Å². The van der Waals surface area contributed by atoms with Crippen LogP contribution in [-0.2, 0) is 4.74 Å². The van der Waals surface area contributed by atoms with Gasteiger partial charge in [-0.2, -0.15) is 0 Å². The van der Waals surface area contributed by atoms with Crippen molar-refractivity contribution in [1.29, 1.82) is 0 Å². The first kappa shape index (κ1) is 13.4. The topological polar surface area (TPSA) is 41.9 Å². The molecule has 1 N–H and O–H groups in total. The van der Waals surface area contributed by atoms with Gasteiger partial charge in [0.05, 0.1) is 25.3 Å². The second kappa shape index (κ2) is 5.73. The molecule has 1 aliphatic heterocycles. The molecule has 98 valence electrons. The number of morpholine rings is 1. The third kappa shape index (κ3) is 2.68. The van der Waals surface area contributed by atoms with Crippen LogP contribution >= 0.6 is 23.8 Å². The zero-order chi connectivity index (χ0) is 13.1. The number of phenolic OH excluding ortho intramolecular Hbond substituents is 1. The SMILES string of the molecule is COc1cc(C(=S)N2CCOCC2)cc(Cl)c1O. The second-order valence-electron chi connectivity index (χ2n) is 3.91. The van der Waals surface area contributed by atoms with Gasteiger partial charge in [0, 0.05) is 18.7 Å². The van der Waals surface area contributed by atoms with Crippen LogP contribution in [0.4, 0.5) is 0 Å². The molecule has 0 aliphatic carbocycles. The summed E-state index contributed by atoms with van der Waals surface area (Å²) in [5.74, 6) is 0.265. The molecular weight excluding hydrogens is 274 g/mol. The minimum Gasteiger partial charge on any atom is -0.503 e. The molecule has 1 aromatic carbocycles. The lowest BCUT2D eigenvalue weighted by Gasteiger charge is -2.29. The fourth-order valence-corrected chi connectivity index (χ4v) is 2.31. The number of hydrogen-bond donors (Lipinski definition) is 1. The Morgan fingerprint density at radius 3 is 2.72 bits per heavy atom. The Bertz CT molecular complexity index is 461. The molecule has 1 aliphatic rings. The molecule has 0 spiro atoms. The molecule has 18 heavy (non-hydrogen) atoms. The lowest BCUT2D eigenvalue weighted by molar-refractivity contribution is 0.0693. The summed E-state index contributed by atoms with van der Waals surface area (Å²) in [4.78, 5) is 2.75. The highest BCUT2D eigenvalue weighted by Crippen LogP contribution is 2.35. The van der Waals surface area contributed by atoms with E-state index in [0.29, 0.717) is 24.0 Å². The van der Waals surface area contributed by atoms with Gasteiger partial charge < -0.3 is 19.5 Å². The minimum absolute atomic E-state index is 0.0623. The summed E-state index contributed by atoms with van der Waals surface area (Å²) in [5.41, 5.74) is 0.770. The fourth-order valence-electron chi connectivity index (χ4n) is 1.80. The maximum atomic E-state index is 9.68. The Kier molecular flexibility index (Phi) is 4.27. The Labute approximate surface area is 116 Å². The van der Waals surface area contributed by atoms with Crippen molar-refractivity contribution in [3.63, 3.8) is 0 Å². The molecule has 1 heterocycles. The van der Waals surface area contributed by atoms with E-state index in [2.05, 4.69) is 4.90 Å². The van der Waals surface area contributed by atoms with E-state index in [1.165, 1.54) is 7.11 Å². The van der Waals surface area contributed by atoms with Gasteiger partial charge >= 0.3 is 0 Å². The molecule has 0 aromatic heterocycles. The third-order valence-electron chi connectivity index (χ3n) is 2.79. The first-order valence-electron chi connectivity index (χ1n) is 5.57. The lowest BCUT2D eigenvalue weighted by Crippen LogP contribution is -2.40. The standard InChI is InChI=1S/C12H14ClNO3S/c1-16-10-7-8(6-9(13)11(10)15)12(18)14-2-4-17-5-3-14/h6-7,15H,2-5H2,1H3. The number of ether oxygens (including phenoxy) is 2. The van der Waals surface area contributed by atoms with Gasteiger partial charge in [-0.3, -0.25) is 0 Å². The molecule has 0 atom stereocenters. The highest BCUT2D eigenvalue weighted by atomic mass is 35.5. The molecule has 0 unspecified atom stereocenters. The smallest absolute Gasteiger partial charge is 0.176 e. The van der Waals surface area contributed by atoms with Crippen LogP contribution in [0, 0.1) is 0 Å². The molecule has 1 fully saturated rings. The monoisotopic (exact) mass is 287 g/mol. The normalized spacial score (nSPS) is 15.6. The van der Waals surface area contributed by atoms with Crippen LogP contribution in [0.1, 0.15) is 5.56 Å². The van der Waals surface area contributed by atoms with Gasteiger partial charge in [0.15, 0.2) is 11.5 Å². The van der Waals surface area contributed by atoms with Crippen LogP contribution in [0.3, 0.4) is 0 Å². The van der Waals surface area contributed by atoms with Crippen molar-refractivity contribution >= 4 is 28.8 Å².